The number of ether oxygens (including phenoxy) is 1. The van der Waals surface area contributed by atoms with Gasteiger partial charge >= 0.3 is 0 Å². The fourth-order valence-corrected chi connectivity index (χ4v) is 3.20. The van der Waals surface area contributed by atoms with Gasteiger partial charge in [0, 0.05) is 49.0 Å². The molecule has 0 amide bonds. The molecular weight excluding hydrogens is 368 g/mol. The van der Waals surface area contributed by atoms with E-state index in [1.807, 2.05) is 12.1 Å². The summed E-state index contributed by atoms with van der Waals surface area (Å²) in [5, 5.41) is 18.5. The average Bonchev–Trinajstić information content (AvgIpc) is 2.66. The van der Waals surface area contributed by atoms with Gasteiger partial charge in [0.15, 0.2) is 0 Å². The van der Waals surface area contributed by atoms with Gasteiger partial charge in [-0.25, -0.2) is 0 Å². The molecule has 2 aromatic carbocycles. The first-order valence-corrected chi connectivity index (χ1v) is 9.30. The van der Waals surface area contributed by atoms with E-state index in [1.165, 1.54) is 0 Å². The van der Waals surface area contributed by atoms with Crippen LogP contribution in [-0.4, -0.2) is 43.8 Å². The van der Waals surface area contributed by atoms with Crippen LogP contribution in [0.4, 0.5) is 17.1 Å². The fraction of sp³-hybridized carbons (Fsp3) is 0.368. The van der Waals surface area contributed by atoms with Gasteiger partial charge in [-0.3, -0.25) is 10.1 Å². The molecule has 2 N–H and O–H groups in total. The molecule has 7 nitrogen and oxygen atoms in total. The summed E-state index contributed by atoms with van der Waals surface area (Å²) < 4.78 is 5.63. The molecule has 0 saturated carbocycles. The van der Waals surface area contributed by atoms with E-state index in [1.54, 1.807) is 30.3 Å². The van der Waals surface area contributed by atoms with Crippen molar-refractivity contribution in [2.45, 2.75) is 13.0 Å². The number of nitrogens with one attached hydrogen (secondary N) is 2. The van der Waals surface area contributed by atoms with Crippen molar-refractivity contribution in [2.24, 2.45) is 0 Å². The lowest BCUT2D eigenvalue weighted by Crippen LogP contribution is -2.49. The number of benzene rings is 2. The van der Waals surface area contributed by atoms with Gasteiger partial charge in [0.2, 0.25) is 0 Å². The molecular formula is C19H23ClN4O3. The smallest absolute Gasteiger partial charge is 0.292 e. The number of nitro benzene ring substituents is 1. The molecule has 0 bridgehead atoms. The Morgan fingerprint density at radius 2 is 2.11 bits per heavy atom. The summed E-state index contributed by atoms with van der Waals surface area (Å²) in [5.74, 6) is 0.708. The second kappa shape index (κ2) is 8.92. The first-order valence-electron chi connectivity index (χ1n) is 8.92. The third-order valence-electron chi connectivity index (χ3n) is 4.41. The average molecular weight is 391 g/mol. The van der Waals surface area contributed by atoms with Crippen LogP contribution < -0.4 is 20.3 Å². The zero-order chi connectivity index (χ0) is 19.2. The number of halogens is 1. The Hall–Kier alpha value is -2.51. The second-order valence-electron chi connectivity index (χ2n) is 6.49. The van der Waals surface area contributed by atoms with Crippen molar-refractivity contribution in [1.82, 2.24) is 5.32 Å². The molecule has 0 radical (unpaired) electrons. The van der Waals surface area contributed by atoms with Crippen molar-refractivity contribution < 1.29 is 9.66 Å². The Bertz CT molecular complexity index is 785. The second-order valence-corrected chi connectivity index (χ2v) is 6.93. The van der Waals surface area contributed by atoms with Crippen LogP contribution >= 0.6 is 11.6 Å². The van der Waals surface area contributed by atoms with E-state index in [0.717, 1.165) is 25.3 Å². The van der Waals surface area contributed by atoms with Gasteiger partial charge in [-0.2, -0.15) is 0 Å². The lowest BCUT2D eigenvalue weighted by atomic mass is 10.1. The van der Waals surface area contributed by atoms with Gasteiger partial charge in [-0.15, -0.1) is 0 Å². The van der Waals surface area contributed by atoms with E-state index >= 15 is 0 Å². The minimum atomic E-state index is -0.369. The monoisotopic (exact) mass is 390 g/mol. The molecule has 1 unspecified atom stereocenters. The first kappa shape index (κ1) is 19.3. The summed E-state index contributed by atoms with van der Waals surface area (Å²) in [5.41, 5.74) is 1.55. The molecule has 27 heavy (non-hydrogen) atoms. The Labute approximate surface area is 163 Å². The van der Waals surface area contributed by atoms with Crippen LogP contribution in [0.3, 0.4) is 0 Å². The number of rotatable bonds is 7. The van der Waals surface area contributed by atoms with Gasteiger partial charge in [0.05, 0.1) is 4.92 Å². The maximum Gasteiger partial charge on any atom is 0.292 e. The molecule has 1 heterocycles. The number of nitrogens with zero attached hydrogens (tertiary/aromatic N) is 2. The Balaban J connectivity index is 1.64. The lowest BCUT2D eigenvalue weighted by Gasteiger charge is -2.33. The van der Waals surface area contributed by atoms with Gasteiger partial charge in [-0.1, -0.05) is 11.6 Å². The van der Waals surface area contributed by atoms with Crippen LogP contribution in [0, 0.1) is 10.1 Å². The van der Waals surface area contributed by atoms with E-state index in [9.17, 15) is 10.1 Å². The maximum absolute atomic E-state index is 11.3. The highest BCUT2D eigenvalue weighted by Crippen LogP contribution is 2.30. The Morgan fingerprint density at radius 1 is 1.33 bits per heavy atom. The summed E-state index contributed by atoms with van der Waals surface area (Å²) in [4.78, 5) is 13.2. The van der Waals surface area contributed by atoms with E-state index in [-0.39, 0.29) is 10.6 Å². The lowest BCUT2D eigenvalue weighted by molar-refractivity contribution is -0.383. The zero-order valence-corrected chi connectivity index (χ0v) is 15.9. The molecule has 0 aromatic heterocycles. The summed E-state index contributed by atoms with van der Waals surface area (Å²) in [7, 11) is 0. The highest BCUT2D eigenvalue weighted by Gasteiger charge is 2.20. The van der Waals surface area contributed by atoms with Crippen molar-refractivity contribution in [3.05, 3.63) is 57.6 Å². The number of hydrogen-bond acceptors (Lipinski definition) is 6. The summed E-state index contributed by atoms with van der Waals surface area (Å²) in [6.45, 7) is 5.61. The Kier molecular flexibility index (Phi) is 6.36. The third-order valence-corrected chi connectivity index (χ3v) is 4.66. The van der Waals surface area contributed by atoms with Crippen LogP contribution in [0.1, 0.15) is 6.92 Å². The number of anilines is 2. The van der Waals surface area contributed by atoms with Gasteiger partial charge < -0.3 is 20.3 Å². The molecule has 1 aliphatic heterocycles. The molecule has 2 aromatic rings. The van der Waals surface area contributed by atoms with Crippen molar-refractivity contribution in [3.8, 4) is 5.75 Å². The third kappa shape index (κ3) is 5.24. The van der Waals surface area contributed by atoms with Crippen molar-refractivity contribution in [1.29, 1.82) is 0 Å². The quantitative estimate of drug-likeness (QED) is 0.427. The molecule has 144 valence electrons. The predicted molar refractivity (Wildman–Crippen MR) is 108 cm³/mol. The highest BCUT2D eigenvalue weighted by molar-refractivity contribution is 6.30. The van der Waals surface area contributed by atoms with Crippen molar-refractivity contribution >= 4 is 28.7 Å². The molecule has 0 aliphatic carbocycles. The molecule has 8 heteroatoms. The van der Waals surface area contributed by atoms with Crippen molar-refractivity contribution in [3.63, 3.8) is 0 Å². The molecule has 1 saturated heterocycles. The molecule has 3 rings (SSSR count). The first-order chi connectivity index (χ1) is 13.0. The normalized spacial score (nSPS) is 16.8. The minimum Gasteiger partial charge on any atom is -0.492 e. The van der Waals surface area contributed by atoms with E-state index in [0.29, 0.717) is 35.7 Å². The summed E-state index contributed by atoms with van der Waals surface area (Å²) in [6.07, 6.45) is 0. The predicted octanol–water partition coefficient (Wildman–Crippen LogP) is 3.54. The largest absolute Gasteiger partial charge is 0.492 e. The number of piperazine rings is 1. The summed E-state index contributed by atoms with van der Waals surface area (Å²) in [6, 6.07) is 12.7. The molecule has 1 aliphatic rings. The fourth-order valence-electron chi connectivity index (χ4n) is 3.07. The number of hydrogen-bond donors (Lipinski definition) is 2. The van der Waals surface area contributed by atoms with Crippen LogP contribution in [0.25, 0.3) is 0 Å². The molecule has 1 fully saturated rings. The molecule has 1 atom stereocenters. The van der Waals surface area contributed by atoms with E-state index in [2.05, 4.69) is 22.5 Å². The van der Waals surface area contributed by atoms with Crippen molar-refractivity contribution in [2.75, 3.05) is 43.0 Å². The topological polar surface area (TPSA) is 79.7 Å². The van der Waals surface area contributed by atoms with Crippen LogP contribution in [0.2, 0.25) is 5.02 Å². The van der Waals surface area contributed by atoms with Gasteiger partial charge in [0.25, 0.3) is 5.69 Å². The Morgan fingerprint density at radius 3 is 2.81 bits per heavy atom. The zero-order valence-electron chi connectivity index (χ0n) is 15.2. The minimum absolute atomic E-state index is 0.0634. The van der Waals surface area contributed by atoms with Gasteiger partial charge in [-0.05, 0) is 43.3 Å². The van der Waals surface area contributed by atoms with Gasteiger partial charge in [0.1, 0.15) is 18.0 Å². The summed E-state index contributed by atoms with van der Waals surface area (Å²) >= 11 is 5.85. The standard InChI is InChI=1S/C19H23ClN4O3/c1-14-13-23(10-8-21-14)16-4-7-19(24(25)26)18(12-16)22-9-11-27-17-5-2-15(20)3-6-17/h2-7,12,14,21-22H,8-11,13H2,1H3. The van der Waals surface area contributed by atoms with Crippen LogP contribution in [0.15, 0.2) is 42.5 Å². The number of nitro groups is 1. The molecule has 0 spiro atoms. The van der Waals surface area contributed by atoms with Crippen LogP contribution in [0.5, 0.6) is 5.75 Å². The van der Waals surface area contributed by atoms with Crippen LogP contribution in [-0.2, 0) is 0 Å². The highest BCUT2D eigenvalue weighted by atomic mass is 35.5. The van der Waals surface area contributed by atoms with E-state index < -0.39 is 0 Å². The SMILES string of the molecule is CC1CN(c2ccc([N+](=O)[O-])c(NCCOc3ccc(Cl)cc3)c2)CCN1. The van der Waals surface area contributed by atoms with E-state index in [4.69, 9.17) is 16.3 Å². The maximum atomic E-state index is 11.3.